The summed E-state index contributed by atoms with van der Waals surface area (Å²) in [5.41, 5.74) is 0.800. The summed E-state index contributed by atoms with van der Waals surface area (Å²) in [6.07, 6.45) is 1.31. The molecule has 2 atom stereocenters. The molecular weight excluding hydrogens is 386 g/mol. The van der Waals surface area contributed by atoms with E-state index < -0.39 is 29.9 Å². The van der Waals surface area contributed by atoms with Crippen LogP contribution in [-0.4, -0.2) is 69.7 Å². The number of carboxylic acid groups (broad SMARTS) is 1. The summed E-state index contributed by atoms with van der Waals surface area (Å²) in [4.78, 5) is 36.7. The zero-order valence-corrected chi connectivity index (χ0v) is 15.7. The first kappa shape index (κ1) is 18.6. The molecule has 10 heteroatoms. The van der Waals surface area contributed by atoms with E-state index in [0.29, 0.717) is 30.9 Å². The van der Waals surface area contributed by atoms with Crippen molar-refractivity contribution in [3.8, 4) is 11.5 Å². The summed E-state index contributed by atoms with van der Waals surface area (Å²) in [6.45, 7) is 1.00. The molecule has 9 nitrogen and oxygen atoms in total. The Balaban J connectivity index is 1.39. The first-order valence-electron chi connectivity index (χ1n) is 8.97. The van der Waals surface area contributed by atoms with Gasteiger partial charge in [-0.15, -0.1) is 0 Å². The molecule has 2 amide bonds. The number of benzene rings is 1. The molecule has 0 aromatic heterocycles. The molecule has 0 aliphatic carbocycles. The van der Waals surface area contributed by atoms with Gasteiger partial charge in [-0.25, -0.2) is 9.80 Å². The molecule has 28 heavy (non-hydrogen) atoms. The van der Waals surface area contributed by atoms with Crippen molar-refractivity contribution in [2.45, 2.75) is 31.3 Å². The average molecular weight is 405 g/mol. The quantitative estimate of drug-likeness (QED) is 0.665. The number of carboxylic acids is 1. The van der Waals surface area contributed by atoms with Crippen molar-refractivity contribution in [3.63, 3.8) is 0 Å². The van der Waals surface area contributed by atoms with E-state index >= 15 is 0 Å². The second-order valence-electron chi connectivity index (χ2n) is 6.91. The van der Waals surface area contributed by atoms with Gasteiger partial charge in [0.05, 0.1) is 4.86 Å². The summed E-state index contributed by atoms with van der Waals surface area (Å²) >= 11 is 5.24. The molecule has 3 aliphatic heterocycles. The number of hydrogen-bond donors (Lipinski definition) is 2. The Morgan fingerprint density at radius 1 is 1.29 bits per heavy atom. The van der Waals surface area contributed by atoms with Crippen molar-refractivity contribution in [1.82, 2.24) is 15.3 Å². The zero-order valence-electron chi connectivity index (χ0n) is 14.9. The van der Waals surface area contributed by atoms with Crippen LogP contribution in [0.25, 0.3) is 0 Å². The topological polar surface area (TPSA) is 108 Å². The van der Waals surface area contributed by atoms with Crippen molar-refractivity contribution in [2.75, 3.05) is 19.9 Å². The van der Waals surface area contributed by atoms with Gasteiger partial charge >= 0.3 is 5.97 Å². The molecule has 2 saturated heterocycles. The molecular formula is C18H19N3O6S. The van der Waals surface area contributed by atoms with Gasteiger partial charge in [0, 0.05) is 19.5 Å². The van der Waals surface area contributed by atoms with Gasteiger partial charge < -0.3 is 19.9 Å². The Hall–Kier alpha value is -2.72. The average Bonchev–Trinajstić information content (AvgIpc) is 3.26. The Bertz CT molecular complexity index is 860. The number of hydrogen-bond acceptors (Lipinski definition) is 7. The van der Waals surface area contributed by atoms with Gasteiger partial charge in [0.25, 0.3) is 11.8 Å². The van der Waals surface area contributed by atoms with E-state index in [1.165, 1.54) is 5.01 Å². The predicted octanol–water partition coefficient (Wildman–Crippen LogP) is 0.119. The van der Waals surface area contributed by atoms with Gasteiger partial charge in [0.2, 0.25) is 6.79 Å². The number of fused-ring (bicyclic) bond motifs is 2. The number of thiocarbonyl (C=S) groups is 1. The van der Waals surface area contributed by atoms with Crippen molar-refractivity contribution in [3.05, 3.63) is 23.8 Å². The number of carbonyl (C=O) groups is 3. The van der Waals surface area contributed by atoms with Crippen LogP contribution in [0.4, 0.5) is 0 Å². The van der Waals surface area contributed by atoms with Gasteiger partial charge in [0.1, 0.15) is 12.1 Å². The molecule has 1 aromatic carbocycles. The SMILES string of the molecule is O=C(N[C@H]1CN2CCC[C@@H](C(=O)O)N2C1=O)C(=S)Cc1ccc2c(c1)OCO2. The number of carbonyl (C=O) groups excluding carboxylic acids is 2. The maximum Gasteiger partial charge on any atom is 0.328 e. The standard InChI is InChI=1S/C18H19N3O6S/c22-16(15(28)7-10-3-4-13-14(6-10)27-9-26-13)19-11-8-20-5-1-2-12(18(24)25)21(20)17(11)23/h3-4,6,11-12H,1-2,5,7-9H2,(H,19,22)(H,24,25)/t11-,12-/m0/s1. The third-order valence-electron chi connectivity index (χ3n) is 5.06. The van der Waals surface area contributed by atoms with Gasteiger partial charge in [-0.1, -0.05) is 18.3 Å². The second-order valence-corrected chi connectivity index (χ2v) is 7.40. The maximum absolute atomic E-state index is 12.6. The minimum Gasteiger partial charge on any atom is -0.480 e. The van der Waals surface area contributed by atoms with Crippen LogP contribution in [0, 0.1) is 0 Å². The van der Waals surface area contributed by atoms with E-state index in [4.69, 9.17) is 21.7 Å². The molecule has 0 saturated carbocycles. The first-order valence-corrected chi connectivity index (χ1v) is 9.38. The number of hydrazine groups is 1. The Morgan fingerprint density at radius 3 is 2.86 bits per heavy atom. The van der Waals surface area contributed by atoms with Crippen LogP contribution < -0.4 is 14.8 Å². The molecule has 4 rings (SSSR count). The molecule has 0 bridgehead atoms. The lowest BCUT2D eigenvalue weighted by Crippen LogP contribution is -2.54. The lowest BCUT2D eigenvalue weighted by molar-refractivity contribution is -0.164. The van der Waals surface area contributed by atoms with Crippen LogP contribution in [0.15, 0.2) is 18.2 Å². The summed E-state index contributed by atoms with van der Waals surface area (Å²) in [7, 11) is 0. The van der Waals surface area contributed by atoms with Crippen molar-refractivity contribution in [2.24, 2.45) is 0 Å². The molecule has 3 heterocycles. The molecule has 1 aromatic rings. The molecule has 2 fully saturated rings. The summed E-state index contributed by atoms with van der Waals surface area (Å²) in [5.74, 6) is -0.695. The van der Waals surface area contributed by atoms with Crippen LogP contribution in [0.5, 0.6) is 11.5 Å². The smallest absolute Gasteiger partial charge is 0.328 e. The fourth-order valence-corrected chi connectivity index (χ4v) is 3.93. The summed E-state index contributed by atoms with van der Waals surface area (Å²) in [6, 6.07) is 3.64. The first-order chi connectivity index (χ1) is 13.4. The molecule has 0 unspecified atom stereocenters. The number of rotatable bonds is 5. The predicted molar refractivity (Wildman–Crippen MR) is 99.9 cm³/mol. The van der Waals surface area contributed by atoms with Crippen LogP contribution in [0.2, 0.25) is 0 Å². The Labute approximate surface area is 166 Å². The van der Waals surface area contributed by atoms with Gasteiger partial charge in [-0.05, 0) is 30.5 Å². The van der Waals surface area contributed by atoms with Crippen LogP contribution in [0.1, 0.15) is 18.4 Å². The summed E-state index contributed by atoms with van der Waals surface area (Å²) < 4.78 is 10.6. The summed E-state index contributed by atoms with van der Waals surface area (Å²) in [5, 5.41) is 14.9. The zero-order chi connectivity index (χ0) is 19.8. The fraction of sp³-hybridized carbons (Fsp3) is 0.444. The van der Waals surface area contributed by atoms with E-state index in [2.05, 4.69) is 5.32 Å². The van der Waals surface area contributed by atoms with E-state index in [9.17, 15) is 19.5 Å². The van der Waals surface area contributed by atoms with E-state index in [0.717, 1.165) is 5.56 Å². The van der Waals surface area contributed by atoms with Crippen molar-refractivity contribution < 1.29 is 29.0 Å². The highest BCUT2D eigenvalue weighted by atomic mass is 32.1. The minimum atomic E-state index is -1.04. The molecule has 0 spiro atoms. The molecule has 148 valence electrons. The van der Waals surface area contributed by atoms with Crippen molar-refractivity contribution >= 4 is 34.9 Å². The van der Waals surface area contributed by atoms with E-state index in [1.807, 2.05) is 0 Å². The van der Waals surface area contributed by atoms with Crippen LogP contribution in [0.3, 0.4) is 0 Å². The largest absolute Gasteiger partial charge is 0.480 e. The number of ether oxygens (including phenoxy) is 2. The van der Waals surface area contributed by atoms with Crippen LogP contribution >= 0.6 is 12.2 Å². The fourth-order valence-electron chi connectivity index (χ4n) is 3.71. The Morgan fingerprint density at radius 2 is 2.07 bits per heavy atom. The lowest BCUT2D eigenvalue weighted by Gasteiger charge is -2.36. The normalized spacial score (nSPS) is 23.4. The minimum absolute atomic E-state index is 0.140. The second kappa shape index (κ2) is 7.36. The van der Waals surface area contributed by atoms with Gasteiger partial charge in [-0.3, -0.25) is 14.6 Å². The third kappa shape index (κ3) is 3.40. The number of amides is 2. The number of aliphatic carboxylic acids is 1. The highest BCUT2D eigenvalue weighted by Gasteiger charge is 2.46. The third-order valence-corrected chi connectivity index (χ3v) is 5.39. The highest BCUT2D eigenvalue weighted by molar-refractivity contribution is 7.82. The number of nitrogens with zero attached hydrogens (tertiary/aromatic N) is 2. The van der Waals surface area contributed by atoms with Crippen LogP contribution in [-0.2, 0) is 20.8 Å². The number of nitrogens with one attached hydrogen (secondary N) is 1. The Kier molecular flexibility index (Phi) is 4.90. The monoisotopic (exact) mass is 405 g/mol. The molecule has 3 aliphatic rings. The highest BCUT2D eigenvalue weighted by Crippen LogP contribution is 2.32. The van der Waals surface area contributed by atoms with E-state index in [1.54, 1.807) is 23.2 Å². The van der Waals surface area contributed by atoms with Gasteiger partial charge in [-0.2, -0.15) is 0 Å². The molecule has 0 radical (unpaired) electrons. The lowest BCUT2D eigenvalue weighted by atomic mass is 10.1. The maximum atomic E-state index is 12.6. The van der Waals surface area contributed by atoms with Gasteiger partial charge in [0.15, 0.2) is 11.5 Å². The molecule has 2 N–H and O–H groups in total. The van der Waals surface area contributed by atoms with E-state index in [-0.39, 0.29) is 24.6 Å². The van der Waals surface area contributed by atoms with Crippen molar-refractivity contribution in [1.29, 1.82) is 0 Å².